The fraction of sp³-hybridized carbons (Fsp3) is 0.0909. The normalized spacial score (nSPS) is 11.0. The van der Waals surface area contributed by atoms with E-state index < -0.39 is 0 Å². The van der Waals surface area contributed by atoms with E-state index in [1.807, 2.05) is 36.6 Å². The Kier molecular flexibility index (Phi) is 1.82. The SMILES string of the molecule is Cc1noc2nc(-c3cccs3)ccc12. The number of aryl methyl sites for hydroxylation is 1. The van der Waals surface area contributed by atoms with Crippen LogP contribution in [0.15, 0.2) is 34.2 Å². The zero-order valence-corrected chi connectivity index (χ0v) is 8.91. The molecule has 3 rings (SSSR count). The molecule has 3 heterocycles. The lowest BCUT2D eigenvalue weighted by Crippen LogP contribution is -1.79. The Morgan fingerprint density at radius 1 is 1.27 bits per heavy atom. The lowest BCUT2D eigenvalue weighted by Gasteiger charge is -1.94. The van der Waals surface area contributed by atoms with Crippen molar-refractivity contribution in [1.82, 2.24) is 10.1 Å². The van der Waals surface area contributed by atoms with Crippen molar-refractivity contribution in [3.63, 3.8) is 0 Å². The molecular formula is C11H8N2OS. The number of pyridine rings is 1. The van der Waals surface area contributed by atoms with Crippen molar-refractivity contribution in [3.05, 3.63) is 35.3 Å². The van der Waals surface area contributed by atoms with E-state index in [9.17, 15) is 0 Å². The van der Waals surface area contributed by atoms with Crippen molar-refractivity contribution >= 4 is 22.4 Å². The Hall–Kier alpha value is -1.68. The van der Waals surface area contributed by atoms with Crippen molar-refractivity contribution < 1.29 is 4.52 Å². The molecule has 0 aliphatic rings. The number of thiophene rings is 1. The second-order valence-corrected chi connectivity index (χ2v) is 4.24. The van der Waals surface area contributed by atoms with Gasteiger partial charge in [-0.1, -0.05) is 11.2 Å². The average Bonchev–Trinajstić information content (AvgIpc) is 2.88. The summed E-state index contributed by atoms with van der Waals surface area (Å²) in [6, 6.07) is 8.06. The molecule has 0 aromatic carbocycles. The molecule has 0 atom stereocenters. The number of aromatic nitrogens is 2. The van der Waals surface area contributed by atoms with Gasteiger partial charge in [-0.2, -0.15) is 0 Å². The topological polar surface area (TPSA) is 38.9 Å². The molecule has 3 nitrogen and oxygen atoms in total. The third kappa shape index (κ3) is 1.34. The summed E-state index contributed by atoms with van der Waals surface area (Å²) in [5.74, 6) is 0. The van der Waals surface area contributed by atoms with Crippen molar-refractivity contribution in [1.29, 1.82) is 0 Å². The van der Waals surface area contributed by atoms with Gasteiger partial charge >= 0.3 is 0 Å². The Balaban J connectivity index is 2.23. The first-order chi connectivity index (χ1) is 7.34. The maximum absolute atomic E-state index is 5.13. The highest BCUT2D eigenvalue weighted by molar-refractivity contribution is 7.13. The van der Waals surface area contributed by atoms with Crippen LogP contribution in [0.3, 0.4) is 0 Å². The largest absolute Gasteiger partial charge is 0.336 e. The number of nitrogens with zero attached hydrogens (tertiary/aromatic N) is 2. The highest BCUT2D eigenvalue weighted by Crippen LogP contribution is 2.25. The number of fused-ring (bicyclic) bond motifs is 1. The molecule has 15 heavy (non-hydrogen) atoms. The van der Waals surface area contributed by atoms with E-state index in [-0.39, 0.29) is 0 Å². The fourth-order valence-electron chi connectivity index (χ4n) is 1.51. The molecule has 0 radical (unpaired) electrons. The Morgan fingerprint density at radius 2 is 2.20 bits per heavy atom. The van der Waals surface area contributed by atoms with E-state index in [2.05, 4.69) is 10.1 Å². The fourth-order valence-corrected chi connectivity index (χ4v) is 2.20. The molecule has 4 heteroatoms. The lowest BCUT2D eigenvalue weighted by atomic mass is 10.2. The van der Waals surface area contributed by atoms with Crippen molar-refractivity contribution in [2.24, 2.45) is 0 Å². The molecule has 3 aromatic rings. The first-order valence-corrected chi connectivity index (χ1v) is 5.49. The summed E-state index contributed by atoms with van der Waals surface area (Å²) in [7, 11) is 0. The van der Waals surface area contributed by atoms with Gasteiger partial charge in [0.05, 0.1) is 21.7 Å². The van der Waals surface area contributed by atoms with E-state index in [0.29, 0.717) is 5.71 Å². The molecule has 74 valence electrons. The summed E-state index contributed by atoms with van der Waals surface area (Å²) < 4.78 is 5.13. The van der Waals surface area contributed by atoms with Crippen LogP contribution in [-0.4, -0.2) is 10.1 Å². The monoisotopic (exact) mass is 216 g/mol. The van der Waals surface area contributed by atoms with Gasteiger partial charge in [0.1, 0.15) is 0 Å². The van der Waals surface area contributed by atoms with E-state index in [1.165, 1.54) is 0 Å². The maximum Gasteiger partial charge on any atom is 0.258 e. The Morgan fingerprint density at radius 3 is 3.00 bits per heavy atom. The van der Waals surface area contributed by atoms with Crippen molar-refractivity contribution in [2.45, 2.75) is 6.92 Å². The molecule has 0 bridgehead atoms. The van der Waals surface area contributed by atoms with Crippen LogP contribution in [0, 0.1) is 6.92 Å². The zero-order valence-electron chi connectivity index (χ0n) is 8.10. The van der Waals surface area contributed by atoms with E-state index >= 15 is 0 Å². The Labute approximate surface area is 90.4 Å². The third-order valence-corrected chi connectivity index (χ3v) is 3.19. The summed E-state index contributed by atoms with van der Waals surface area (Å²) in [6.07, 6.45) is 0. The summed E-state index contributed by atoms with van der Waals surface area (Å²) in [5, 5.41) is 6.90. The van der Waals surface area contributed by atoms with Crippen LogP contribution in [0.5, 0.6) is 0 Å². The molecule has 0 aliphatic heterocycles. The minimum Gasteiger partial charge on any atom is -0.336 e. The summed E-state index contributed by atoms with van der Waals surface area (Å²) in [4.78, 5) is 5.56. The molecule has 0 unspecified atom stereocenters. The van der Waals surface area contributed by atoms with Gasteiger partial charge in [-0.05, 0) is 30.5 Å². The van der Waals surface area contributed by atoms with Gasteiger partial charge in [0, 0.05) is 0 Å². The predicted octanol–water partition coefficient (Wildman–Crippen LogP) is 3.26. The molecule has 0 N–H and O–H groups in total. The molecule has 0 amide bonds. The van der Waals surface area contributed by atoms with E-state index in [1.54, 1.807) is 11.3 Å². The van der Waals surface area contributed by atoms with Gasteiger partial charge in [0.25, 0.3) is 5.71 Å². The molecule has 0 saturated heterocycles. The second kappa shape index (κ2) is 3.17. The van der Waals surface area contributed by atoms with Gasteiger partial charge in [-0.15, -0.1) is 11.3 Å². The number of rotatable bonds is 1. The highest BCUT2D eigenvalue weighted by atomic mass is 32.1. The van der Waals surface area contributed by atoms with Crippen LogP contribution in [-0.2, 0) is 0 Å². The first-order valence-electron chi connectivity index (χ1n) is 4.61. The van der Waals surface area contributed by atoms with Crippen molar-refractivity contribution in [2.75, 3.05) is 0 Å². The molecular weight excluding hydrogens is 208 g/mol. The number of hydrogen-bond donors (Lipinski definition) is 0. The summed E-state index contributed by atoms with van der Waals surface area (Å²) in [6.45, 7) is 1.92. The Bertz CT molecular complexity index is 598. The maximum atomic E-state index is 5.13. The molecule has 0 saturated carbocycles. The van der Waals surface area contributed by atoms with E-state index in [0.717, 1.165) is 21.7 Å². The minimum absolute atomic E-state index is 0.610. The highest BCUT2D eigenvalue weighted by Gasteiger charge is 2.07. The van der Waals surface area contributed by atoms with Crippen LogP contribution in [0.1, 0.15) is 5.69 Å². The van der Waals surface area contributed by atoms with Crippen molar-refractivity contribution in [3.8, 4) is 10.6 Å². The standard InChI is InChI=1S/C11H8N2OS/c1-7-8-4-5-9(10-3-2-6-15-10)12-11(8)14-13-7/h2-6H,1H3. The number of hydrogen-bond acceptors (Lipinski definition) is 4. The first kappa shape index (κ1) is 8.61. The third-order valence-electron chi connectivity index (χ3n) is 2.29. The smallest absolute Gasteiger partial charge is 0.258 e. The molecule has 0 fully saturated rings. The van der Waals surface area contributed by atoms with Crippen LogP contribution < -0.4 is 0 Å². The van der Waals surface area contributed by atoms with Crippen LogP contribution in [0.25, 0.3) is 21.7 Å². The predicted molar refractivity (Wildman–Crippen MR) is 59.9 cm³/mol. The van der Waals surface area contributed by atoms with Crippen LogP contribution in [0.2, 0.25) is 0 Å². The second-order valence-electron chi connectivity index (χ2n) is 3.29. The zero-order chi connectivity index (χ0) is 10.3. The van der Waals surface area contributed by atoms with Gasteiger partial charge < -0.3 is 4.52 Å². The van der Waals surface area contributed by atoms with Gasteiger partial charge in [-0.3, -0.25) is 0 Å². The lowest BCUT2D eigenvalue weighted by molar-refractivity contribution is 0.443. The van der Waals surface area contributed by atoms with Crippen LogP contribution in [0.4, 0.5) is 0 Å². The van der Waals surface area contributed by atoms with E-state index in [4.69, 9.17) is 4.52 Å². The molecule has 0 spiro atoms. The van der Waals surface area contributed by atoms with Crippen LogP contribution >= 0.6 is 11.3 Å². The molecule has 3 aromatic heterocycles. The van der Waals surface area contributed by atoms with Gasteiger partial charge in [0.15, 0.2) is 0 Å². The minimum atomic E-state index is 0.610. The summed E-state index contributed by atoms with van der Waals surface area (Å²) >= 11 is 1.67. The molecule has 0 aliphatic carbocycles. The average molecular weight is 216 g/mol. The van der Waals surface area contributed by atoms with Gasteiger partial charge in [-0.25, -0.2) is 4.98 Å². The summed E-state index contributed by atoms with van der Waals surface area (Å²) in [5.41, 5.74) is 2.43. The van der Waals surface area contributed by atoms with Gasteiger partial charge in [0.2, 0.25) is 0 Å². The quantitative estimate of drug-likeness (QED) is 0.626.